The molecule has 1 fully saturated rings. The SMILES string of the molecule is CN1CCN(c2ccccc2NC(=O)COc2ccccc2Cl)CC1. The maximum Gasteiger partial charge on any atom is 0.262 e. The number of likely N-dealkylation sites (N-methyl/N-ethyl adjacent to an activating group) is 1. The van der Waals surface area contributed by atoms with Crippen LogP contribution in [0.5, 0.6) is 5.75 Å². The molecule has 1 aliphatic rings. The lowest BCUT2D eigenvalue weighted by molar-refractivity contribution is -0.118. The molecule has 0 atom stereocenters. The topological polar surface area (TPSA) is 44.8 Å². The van der Waals surface area contributed by atoms with Crippen LogP contribution in [0.2, 0.25) is 5.02 Å². The summed E-state index contributed by atoms with van der Waals surface area (Å²) in [6.07, 6.45) is 0. The summed E-state index contributed by atoms with van der Waals surface area (Å²) in [5, 5.41) is 3.44. The number of anilines is 2. The predicted molar refractivity (Wildman–Crippen MR) is 102 cm³/mol. The van der Waals surface area contributed by atoms with Crippen LogP contribution in [0.3, 0.4) is 0 Å². The number of carbonyl (C=O) groups excluding carboxylic acids is 1. The highest BCUT2D eigenvalue weighted by Gasteiger charge is 2.17. The van der Waals surface area contributed by atoms with Gasteiger partial charge >= 0.3 is 0 Å². The van der Waals surface area contributed by atoms with Gasteiger partial charge in [-0.15, -0.1) is 0 Å². The first-order chi connectivity index (χ1) is 12.1. The number of amides is 1. The minimum absolute atomic E-state index is 0.0825. The van der Waals surface area contributed by atoms with E-state index >= 15 is 0 Å². The normalized spacial score (nSPS) is 15.0. The number of carbonyl (C=O) groups is 1. The van der Waals surface area contributed by atoms with E-state index in [9.17, 15) is 4.79 Å². The van der Waals surface area contributed by atoms with Gasteiger partial charge in [0, 0.05) is 26.2 Å². The smallest absolute Gasteiger partial charge is 0.262 e. The molecule has 2 aromatic rings. The van der Waals surface area contributed by atoms with Crippen LogP contribution in [-0.2, 0) is 4.79 Å². The van der Waals surface area contributed by atoms with E-state index in [2.05, 4.69) is 22.2 Å². The summed E-state index contributed by atoms with van der Waals surface area (Å²) in [5.74, 6) is 0.299. The molecule has 25 heavy (non-hydrogen) atoms. The summed E-state index contributed by atoms with van der Waals surface area (Å²) >= 11 is 6.04. The van der Waals surface area contributed by atoms with Crippen LogP contribution < -0.4 is 15.0 Å². The fraction of sp³-hybridized carbons (Fsp3) is 0.316. The van der Waals surface area contributed by atoms with Gasteiger partial charge in [0.05, 0.1) is 16.4 Å². The van der Waals surface area contributed by atoms with Gasteiger partial charge in [-0.05, 0) is 31.3 Å². The van der Waals surface area contributed by atoms with E-state index in [0.717, 1.165) is 37.6 Å². The molecule has 0 aromatic heterocycles. The Morgan fingerprint density at radius 2 is 1.76 bits per heavy atom. The van der Waals surface area contributed by atoms with Crippen LogP contribution in [-0.4, -0.2) is 50.6 Å². The molecule has 1 heterocycles. The Hall–Kier alpha value is -2.24. The first-order valence-corrected chi connectivity index (χ1v) is 8.71. The molecule has 3 rings (SSSR count). The zero-order valence-electron chi connectivity index (χ0n) is 14.2. The van der Waals surface area contributed by atoms with E-state index < -0.39 is 0 Å². The van der Waals surface area contributed by atoms with E-state index in [1.165, 1.54) is 0 Å². The highest BCUT2D eigenvalue weighted by Crippen LogP contribution is 2.27. The molecule has 0 radical (unpaired) electrons. The number of halogens is 1. The number of hydrogen-bond donors (Lipinski definition) is 1. The average molecular weight is 360 g/mol. The number of ether oxygens (including phenoxy) is 1. The molecule has 1 aliphatic heterocycles. The molecule has 1 amide bonds. The quantitative estimate of drug-likeness (QED) is 0.891. The highest BCUT2D eigenvalue weighted by molar-refractivity contribution is 6.32. The lowest BCUT2D eigenvalue weighted by Gasteiger charge is -2.35. The number of benzene rings is 2. The first kappa shape index (κ1) is 17.6. The van der Waals surface area contributed by atoms with Crippen LogP contribution in [0, 0.1) is 0 Å². The Balaban J connectivity index is 1.62. The lowest BCUT2D eigenvalue weighted by Crippen LogP contribution is -2.44. The van der Waals surface area contributed by atoms with Crippen molar-refractivity contribution in [2.45, 2.75) is 0 Å². The standard InChI is InChI=1S/C19H22ClN3O2/c1-22-10-12-23(13-11-22)17-8-4-3-7-16(17)21-19(24)14-25-18-9-5-2-6-15(18)20/h2-9H,10-14H2,1H3,(H,21,24). The van der Waals surface area contributed by atoms with Crippen molar-refractivity contribution in [3.8, 4) is 5.75 Å². The summed E-state index contributed by atoms with van der Waals surface area (Å²) in [4.78, 5) is 16.9. The molecular formula is C19H22ClN3O2. The summed E-state index contributed by atoms with van der Waals surface area (Å²) in [6, 6.07) is 15.0. The zero-order valence-corrected chi connectivity index (χ0v) is 15.0. The second-order valence-corrected chi connectivity index (χ2v) is 6.48. The van der Waals surface area contributed by atoms with Crippen molar-refractivity contribution in [1.29, 1.82) is 0 Å². The number of para-hydroxylation sites is 3. The van der Waals surface area contributed by atoms with Crippen molar-refractivity contribution in [3.63, 3.8) is 0 Å². The van der Waals surface area contributed by atoms with Gasteiger partial charge in [0.15, 0.2) is 6.61 Å². The summed E-state index contributed by atoms with van der Waals surface area (Å²) in [7, 11) is 2.12. The fourth-order valence-corrected chi connectivity index (χ4v) is 2.98. The largest absolute Gasteiger partial charge is 0.482 e. The minimum atomic E-state index is -0.207. The maximum atomic E-state index is 12.3. The summed E-state index contributed by atoms with van der Waals surface area (Å²) in [5.41, 5.74) is 1.85. The number of hydrogen-bond acceptors (Lipinski definition) is 4. The maximum absolute atomic E-state index is 12.3. The second kappa shape index (κ2) is 8.23. The van der Waals surface area contributed by atoms with Crippen LogP contribution in [0.15, 0.2) is 48.5 Å². The molecule has 0 saturated carbocycles. The summed E-state index contributed by atoms with van der Waals surface area (Å²) < 4.78 is 5.51. The Kier molecular flexibility index (Phi) is 5.79. The molecule has 1 saturated heterocycles. The van der Waals surface area contributed by atoms with E-state index in [0.29, 0.717) is 10.8 Å². The molecule has 5 nitrogen and oxygen atoms in total. The molecule has 6 heteroatoms. The minimum Gasteiger partial charge on any atom is -0.482 e. The van der Waals surface area contributed by atoms with E-state index in [4.69, 9.17) is 16.3 Å². The van der Waals surface area contributed by atoms with Crippen molar-refractivity contribution in [2.24, 2.45) is 0 Å². The third-order valence-electron chi connectivity index (χ3n) is 4.22. The Bertz CT molecular complexity index is 730. The van der Waals surface area contributed by atoms with Crippen LogP contribution >= 0.6 is 11.6 Å². The fourth-order valence-electron chi connectivity index (χ4n) is 2.79. The molecule has 132 valence electrons. The molecular weight excluding hydrogens is 338 g/mol. The zero-order chi connectivity index (χ0) is 17.6. The van der Waals surface area contributed by atoms with Crippen LogP contribution in [0.1, 0.15) is 0 Å². The van der Waals surface area contributed by atoms with E-state index in [1.54, 1.807) is 12.1 Å². The highest BCUT2D eigenvalue weighted by atomic mass is 35.5. The van der Waals surface area contributed by atoms with Gasteiger partial charge in [-0.2, -0.15) is 0 Å². The third kappa shape index (κ3) is 4.65. The Morgan fingerprint density at radius 1 is 1.08 bits per heavy atom. The van der Waals surface area contributed by atoms with Crippen molar-refractivity contribution in [1.82, 2.24) is 4.90 Å². The van der Waals surface area contributed by atoms with Gasteiger partial charge in [-0.1, -0.05) is 35.9 Å². The van der Waals surface area contributed by atoms with Gasteiger partial charge in [-0.25, -0.2) is 0 Å². The van der Waals surface area contributed by atoms with Gasteiger partial charge in [0.25, 0.3) is 5.91 Å². The van der Waals surface area contributed by atoms with Gasteiger partial charge in [0.1, 0.15) is 5.75 Å². The molecule has 0 spiro atoms. The number of nitrogens with zero attached hydrogens (tertiary/aromatic N) is 2. The number of rotatable bonds is 5. The average Bonchev–Trinajstić information content (AvgIpc) is 2.62. The van der Waals surface area contributed by atoms with Crippen molar-refractivity contribution < 1.29 is 9.53 Å². The third-order valence-corrected chi connectivity index (χ3v) is 4.53. The monoisotopic (exact) mass is 359 g/mol. The lowest BCUT2D eigenvalue weighted by atomic mass is 10.2. The molecule has 0 unspecified atom stereocenters. The first-order valence-electron chi connectivity index (χ1n) is 8.33. The van der Waals surface area contributed by atoms with Crippen molar-refractivity contribution >= 4 is 28.9 Å². The molecule has 0 aliphatic carbocycles. The van der Waals surface area contributed by atoms with Crippen LogP contribution in [0.4, 0.5) is 11.4 Å². The van der Waals surface area contributed by atoms with Gasteiger partial charge in [0.2, 0.25) is 0 Å². The van der Waals surface area contributed by atoms with E-state index in [1.807, 2.05) is 36.4 Å². The van der Waals surface area contributed by atoms with Crippen molar-refractivity contribution in [2.75, 3.05) is 50.1 Å². The second-order valence-electron chi connectivity index (χ2n) is 6.07. The Labute approximate surface area is 153 Å². The molecule has 1 N–H and O–H groups in total. The molecule has 2 aromatic carbocycles. The van der Waals surface area contributed by atoms with E-state index in [-0.39, 0.29) is 12.5 Å². The predicted octanol–water partition coefficient (Wildman–Crippen LogP) is 3.11. The Morgan fingerprint density at radius 3 is 2.52 bits per heavy atom. The summed E-state index contributed by atoms with van der Waals surface area (Å²) in [6.45, 7) is 3.83. The van der Waals surface area contributed by atoms with Gasteiger partial charge in [-0.3, -0.25) is 4.79 Å². The molecule has 0 bridgehead atoms. The van der Waals surface area contributed by atoms with Crippen molar-refractivity contribution in [3.05, 3.63) is 53.6 Å². The number of piperazine rings is 1. The van der Waals surface area contributed by atoms with Crippen LogP contribution in [0.25, 0.3) is 0 Å². The number of nitrogens with one attached hydrogen (secondary N) is 1. The van der Waals surface area contributed by atoms with Gasteiger partial charge < -0.3 is 19.9 Å².